The topological polar surface area (TPSA) is 35.5 Å². The zero-order valence-corrected chi connectivity index (χ0v) is 18.0. The summed E-state index contributed by atoms with van der Waals surface area (Å²) in [6.45, 7) is 6.11. The molecule has 0 radical (unpaired) electrons. The van der Waals surface area contributed by atoms with Gasteiger partial charge in [-0.3, -0.25) is 4.79 Å². The number of Topliss-reactive ketones (excluding diaryl/α,β-unsaturated/α-hetero) is 1. The molecule has 1 aromatic carbocycles. The number of allylic oxidation sites excluding steroid dienone is 2. The first-order chi connectivity index (χ1) is 12.1. The third-order valence-electron chi connectivity index (χ3n) is 4.55. The second-order valence-corrected chi connectivity index (χ2v) is 11.7. The summed E-state index contributed by atoms with van der Waals surface area (Å²) in [7, 11) is 0. The second-order valence-electron chi connectivity index (χ2n) is 7.69. The van der Waals surface area contributed by atoms with Gasteiger partial charge in [0.15, 0.2) is 12.4 Å². The fourth-order valence-electron chi connectivity index (χ4n) is 3.09. The van der Waals surface area contributed by atoms with E-state index < -0.39 is 24.7 Å². The van der Waals surface area contributed by atoms with Crippen LogP contribution in [0, 0.1) is 26.2 Å². The summed E-state index contributed by atoms with van der Waals surface area (Å²) in [4.78, 5) is 12.8. The van der Waals surface area contributed by atoms with E-state index >= 15 is 0 Å². The van der Waals surface area contributed by atoms with Gasteiger partial charge >= 0.3 is 6.18 Å². The van der Waals surface area contributed by atoms with Crippen LogP contribution in [0.2, 0.25) is 0 Å². The summed E-state index contributed by atoms with van der Waals surface area (Å²) in [5, 5.41) is 0. The summed E-state index contributed by atoms with van der Waals surface area (Å²) in [5.41, 5.74) is 3.48. The van der Waals surface area contributed by atoms with Crippen molar-refractivity contribution in [3.05, 3.63) is 40.1 Å². The van der Waals surface area contributed by atoms with Gasteiger partial charge in [-0.05, 0) is 54.8 Å². The average molecular weight is 420 g/mol. The van der Waals surface area contributed by atoms with Crippen LogP contribution < -0.4 is 0 Å². The van der Waals surface area contributed by atoms with Gasteiger partial charge in [0.25, 0.3) is 0 Å². The minimum absolute atomic E-state index is 0.104. The maximum Gasteiger partial charge on any atom is 0.412 e. The van der Waals surface area contributed by atoms with E-state index in [0.717, 1.165) is 22.3 Å². The van der Waals surface area contributed by atoms with E-state index in [4.69, 9.17) is 20.9 Å². The highest BCUT2D eigenvalue weighted by Crippen LogP contribution is 2.56. The van der Waals surface area contributed by atoms with Gasteiger partial charge in [0.1, 0.15) is 5.76 Å². The smallest absolute Gasteiger partial charge is 0.412 e. The largest absolute Gasteiger partial charge is 0.447 e. The van der Waals surface area contributed by atoms with Gasteiger partial charge < -0.3 is 9.05 Å². The molecular formula is C19H24F3O3PS. The molecule has 27 heavy (non-hydrogen) atoms. The molecule has 1 aromatic rings. The third kappa shape index (κ3) is 5.21. The van der Waals surface area contributed by atoms with Crippen molar-refractivity contribution in [2.45, 2.75) is 47.2 Å². The minimum atomic E-state index is -4.49. The summed E-state index contributed by atoms with van der Waals surface area (Å²) >= 11 is 5.19. The molecule has 0 spiro atoms. The molecule has 150 valence electrons. The lowest BCUT2D eigenvalue weighted by atomic mass is 9.91. The van der Waals surface area contributed by atoms with Crippen LogP contribution in [0.1, 0.15) is 42.5 Å². The summed E-state index contributed by atoms with van der Waals surface area (Å²) in [5.74, 6) is 0.221. The molecule has 2 rings (SSSR count). The Labute approximate surface area is 163 Å². The van der Waals surface area contributed by atoms with Crippen molar-refractivity contribution in [3.8, 4) is 0 Å². The van der Waals surface area contributed by atoms with E-state index in [9.17, 15) is 18.0 Å². The number of benzene rings is 1. The summed E-state index contributed by atoms with van der Waals surface area (Å²) in [6.07, 6.45) is -4.29. The van der Waals surface area contributed by atoms with Crippen molar-refractivity contribution < 1.29 is 27.0 Å². The SMILES string of the molecule is Cc1cc(C)c(C2=C(OP(C)(=S)OCC(F)(F)F)C(C)(C)CC2=O)cc1C. The maximum atomic E-state index is 12.8. The van der Waals surface area contributed by atoms with E-state index in [2.05, 4.69) is 0 Å². The van der Waals surface area contributed by atoms with Crippen molar-refractivity contribution in [1.29, 1.82) is 0 Å². The number of hydrogen-bond acceptors (Lipinski definition) is 4. The van der Waals surface area contributed by atoms with Crippen LogP contribution in [0.4, 0.5) is 13.2 Å². The Morgan fingerprint density at radius 1 is 1.15 bits per heavy atom. The third-order valence-corrected chi connectivity index (χ3v) is 6.21. The predicted octanol–water partition coefficient (Wildman–Crippen LogP) is 5.86. The minimum Gasteiger partial charge on any atom is -0.447 e. The van der Waals surface area contributed by atoms with Crippen LogP contribution in [0.3, 0.4) is 0 Å². The van der Waals surface area contributed by atoms with Crippen LogP contribution in [0.5, 0.6) is 0 Å². The zero-order valence-electron chi connectivity index (χ0n) is 16.3. The molecule has 0 aromatic heterocycles. The van der Waals surface area contributed by atoms with Crippen LogP contribution >= 0.6 is 6.49 Å². The Kier molecular flexibility index (Phi) is 6.01. The Balaban J connectivity index is 2.52. The molecule has 0 bridgehead atoms. The van der Waals surface area contributed by atoms with E-state index in [1.807, 2.05) is 46.8 Å². The maximum absolute atomic E-state index is 12.8. The van der Waals surface area contributed by atoms with Crippen LogP contribution in [-0.4, -0.2) is 25.2 Å². The summed E-state index contributed by atoms with van der Waals surface area (Å²) in [6, 6.07) is 3.90. The normalized spacial score (nSPS) is 19.4. The number of carbonyl (C=O) groups is 1. The van der Waals surface area contributed by atoms with E-state index in [1.54, 1.807) is 0 Å². The Morgan fingerprint density at radius 3 is 2.26 bits per heavy atom. The Bertz CT molecular complexity index is 856. The Hall–Kier alpha value is -1.17. The van der Waals surface area contributed by atoms with Gasteiger partial charge in [-0.2, -0.15) is 13.2 Å². The molecule has 1 atom stereocenters. The molecule has 0 N–H and O–H groups in total. The summed E-state index contributed by atoms with van der Waals surface area (Å²) < 4.78 is 48.3. The van der Waals surface area contributed by atoms with E-state index in [-0.39, 0.29) is 12.2 Å². The first kappa shape index (κ1) is 22.1. The molecule has 0 aliphatic heterocycles. The van der Waals surface area contributed by atoms with E-state index in [1.165, 1.54) is 6.66 Å². The lowest BCUT2D eigenvalue weighted by Gasteiger charge is -2.28. The molecule has 1 aliphatic carbocycles. The fourth-order valence-corrected chi connectivity index (χ4v) is 4.57. The number of hydrogen-bond donors (Lipinski definition) is 0. The quantitative estimate of drug-likeness (QED) is 0.559. The fraction of sp³-hybridized carbons (Fsp3) is 0.526. The molecule has 8 heteroatoms. The first-order valence-electron chi connectivity index (χ1n) is 8.47. The van der Waals surface area contributed by atoms with Crippen molar-refractivity contribution in [2.75, 3.05) is 13.3 Å². The van der Waals surface area contributed by atoms with E-state index in [0.29, 0.717) is 11.3 Å². The van der Waals surface area contributed by atoms with Gasteiger partial charge in [-0.25, -0.2) is 0 Å². The first-order valence-corrected chi connectivity index (χ1v) is 11.6. The van der Waals surface area contributed by atoms with Gasteiger partial charge in [0, 0.05) is 18.5 Å². The van der Waals surface area contributed by atoms with Gasteiger partial charge in [-0.1, -0.05) is 26.0 Å². The zero-order chi connectivity index (χ0) is 20.8. The molecule has 0 saturated heterocycles. The number of halogens is 3. The highest BCUT2D eigenvalue weighted by Gasteiger charge is 2.43. The monoisotopic (exact) mass is 420 g/mol. The van der Waals surface area contributed by atoms with Crippen molar-refractivity contribution in [2.24, 2.45) is 5.41 Å². The van der Waals surface area contributed by atoms with Crippen molar-refractivity contribution in [3.63, 3.8) is 0 Å². The number of ketones is 1. The van der Waals surface area contributed by atoms with Gasteiger partial charge in [0.05, 0.1) is 5.57 Å². The highest BCUT2D eigenvalue weighted by atomic mass is 32.5. The second kappa shape index (κ2) is 7.34. The predicted molar refractivity (Wildman–Crippen MR) is 104 cm³/mol. The number of alkyl halides is 3. The average Bonchev–Trinajstić information content (AvgIpc) is 2.69. The molecule has 0 saturated carbocycles. The van der Waals surface area contributed by atoms with Gasteiger partial charge in [-0.15, -0.1) is 0 Å². The van der Waals surface area contributed by atoms with Crippen LogP contribution in [0.15, 0.2) is 17.9 Å². The molecule has 1 unspecified atom stereocenters. The highest BCUT2D eigenvalue weighted by molar-refractivity contribution is 8.09. The molecule has 0 amide bonds. The lowest BCUT2D eigenvalue weighted by Crippen LogP contribution is -2.18. The number of rotatable bonds is 5. The van der Waals surface area contributed by atoms with Crippen molar-refractivity contribution >= 4 is 29.7 Å². The number of carbonyl (C=O) groups excluding carboxylic acids is 1. The van der Waals surface area contributed by atoms with Gasteiger partial charge in [0.2, 0.25) is 6.49 Å². The molecular weight excluding hydrogens is 396 g/mol. The van der Waals surface area contributed by atoms with Crippen LogP contribution in [-0.2, 0) is 25.6 Å². The van der Waals surface area contributed by atoms with Crippen LogP contribution in [0.25, 0.3) is 5.57 Å². The standard InChI is InChI=1S/C19H24F3O3PS/c1-11-7-13(3)14(8-12(11)2)16-15(23)9-18(4,5)17(16)25-26(6,27)24-10-19(20,21)22/h7-8H,9-10H2,1-6H3. The molecule has 0 fully saturated rings. The number of aryl methyl sites for hydroxylation is 3. The molecule has 0 heterocycles. The van der Waals surface area contributed by atoms with Crippen molar-refractivity contribution in [1.82, 2.24) is 0 Å². The Morgan fingerprint density at radius 2 is 1.70 bits per heavy atom. The molecule has 3 nitrogen and oxygen atoms in total. The molecule has 1 aliphatic rings. The lowest BCUT2D eigenvalue weighted by molar-refractivity contribution is -0.153.